The number of sulfonamides is 1. The molecule has 2 heterocycles. The molecule has 7 nitrogen and oxygen atoms in total. The number of aromatic nitrogens is 1. The molecule has 0 bridgehead atoms. The van der Waals surface area contributed by atoms with Gasteiger partial charge in [0.15, 0.2) is 11.7 Å². The third-order valence-corrected chi connectivity index (χ3v) is 7.13. The normalized spacial score (nSPS) is 13.5. The Balaban J connectivity index is 1.61. The largest absolute Gasteiger partial charge is 0.482 e. The number of halogens is 1. The summed E-state index contributed by atoms with van der Waals surface area (Å²) in [6.07, 6.45) is 1.65. The summed E-state index contributed by atoms with van der Waals surface area (Å²) in [7, 11) is -3.74. The molecule has 30 heavy (non-hydrogen) atoms. The molecule has 1 aromatic heterocycles. The quantitative estimate of drug-likeness (QED) is 0.504. The maximum atomic E-state index is 12.6. The SMILES string of the molecule is C=CCN1C(=O)COc2ccc(-c3csc(NS(=O)(=O)c4ccc(Br)cc4)n3)cc21. The molecule has 1 amide bonds. The number of fused-ring (bicyclic) bond motifs is 1. The van der Waals surface area contributed by atoms with E-state index in [0.717, 1.165) is 10.0 Å². The summed E-state index contributed by atoms with van der Waals surface area (Å²) in [5.74, 6) is 0.451. The fraction of sp³-hybridized carbons (Fsp3) is 0.100. The smallest absolute Gasteiger partial charge is 0.265 e. The maximum Gasteiger partial charge on any atom is 0.265 e. The number of thiazole rings is 1. The Morgan fingerprint density at radius 2 is 2.03 bits per heavy atom. The number of anilines is 2. The zero-order chi connectivity index (χ0) is 21.3. The van der Waals surface area contributed by atoms with E-state index >= 15 is 0 Å². The fourth-order valence-corrected chi connectivity index (χ4v) is 5.17. The first kappa shape index (κ1) is 20.6. The Morgan fingerprint density at radius 3 is 2.77 bits per heavy atom. The van der Waals surface area contributed by atoms with Gasteiger partial charge in [-0.1, -0.05) is 22.0 Å². The standard InChI is InChI=1S/C20H16BrN3O4S2/c1-2-9-24-17-10-13(3-8-18(17)28-11-19(24)25)16-12-29-20(22-16)23-30(26,27)15-6-4-14(21)5-7-15/h2-8,10,12H,1,9,11H2,(H,22,23). The second-order valence-corrected chi connectivity index (χ2v) is 9.82. The number of nitrogens with zero attached hydrogens (tertiary/aromatic N) is 2. The average Bonchev–Trinajstić information content (AvgIpc) is 3.18. The number of carbonyl (C=O) groups is 1. The molecule has 2 aromatic carbocycles. The lowest BCUT2D eigenvalue weighted by molar-refractivity contribution is -0.121. The van der Waals surface area contributed by atoms with Crippen LogP contribution in [0.3, 0.4) is 0 Å². The van der Waals surface area contributed by atoms with Crippen LogP contribution in [0.4, 0.5) is 10.8 Å². The van der Waals surface area contributed by atoms with Gasteiger partial charge in [0.05, 0.1) is 16.3 Å². The highest BCUT2D eigenvalue weighted by Crippen LogP contribution is 2.37. The highest BCUT2D eigenvalue weighted by Gasteiger charge is 2.25. The molecule has 0 unspecified atom stereocenters. The zero-order valence-electron chi connectivity index (χ0n) is 15.5. The van der Waals surface area contributed by atoms with E-state index in [9.17, 15) is 13.2 Å². The number of amides is 1. The van der Waals surface area contributed by atoms with Crippen molar-refractivity contribution in [2.24, 2.45) is 0 Å². The molecule has 0 fully saturated rings. The summed E-state index contributed by atoms with van der Waals surface area (Å²) in [5.41, 5.74) is 1.97. The lowest BCUT2D eigenvalue weighted by atomic mass is 10.1. The van der Waals surface area contributed by atoms with Crippen LogP contribution in [0, 0.1) is 0 Å². The molecule has 1 aliphatic rings. The molecule has 0 saturated heterocycles. The number of hydrogen-bond acceptors (Lipinski definition) is 6. The second kappa shape index (κ2) is 8.21. The van der Waals surface area contributed by atoms with Gasteiger partial charge in [0.25, 0.3) is 15.9 Å². The number of carbonyl (C=O) groups excluding carboxylic acids is 1. The minimum absolute atomic E-state index is 0.0150. The lowest BCUT2D eigenvalue weighted by Gasteiger charge is -2.28. The van der Waals surface area contributed by atoms with E-state index in [0.29, 0.717) is 23.7 Å². The van der Waals surface area contributed by atoms with Crippen molar-refractivity contribution in [3.63, 3.8) is 0 Å². The number of nitrogens with one attached hydrogen (secondary N) is 1. The van der Waals surface area contributed by atoms with Gasteiger partial charge in [-0.3, -0.25) is 9.52 Å². The molecule has 0 atom stereocenters. The molecule has 0 radical (unpaired) electrons. The Morgan fingerprint density at radius 1 is 1.27 bits per heavy atom. The number of benzene rings is 2. The topological polar surface area (TPSA) is 88.6 Å². The molecule has 4 rings (SSSR count). The van der Waals surface area contributed by atoms with Gasteiger partial charge in [0.2, 0.25) is 0 Å². The van der Waals surface area contributed by atoms with Crippen molar-refractivity contribution in [2.45, 2.75) is 4.90 Å². The summed E-state index contributed by atoms with van der Waals surface area (Å²) >= 11 is 4.47. The van der Waals surface area contributed by atoms with Crippen LogP contribution >= 0.6 is 27.3 Å². The molecular weight excluding hydrogens is 490 g/mol. The van der Waals surface area contributed by atoms with Crippen molar-refractivity contribution in [3.8, 4) is 17.0 Å². The van der Waals surface area contributed by atoms with Crippen LogP contribution < -0.4 is 14.4 Å². The highest BCUT2D eigenvalue weighted by atomic mass is 79.9. The van der Waals surface area contributed by atoms with Gasteiger partial charge in [0.1, 0.15) is 5.75 Å². The van der Waals surface area contributed by atoms with Crippen molar-refractivity contribution >= 4 is 54.0 Å². The van der Waals surface area contributed by atoms with E-state index in [1.54, 1.807) is 40.6 Å². The average molecular weight is 506 g/mol. The molecule has 1 aliphatic heterocycles. The van der Waals surface area contributed by atoms with E-state index in [1.807, 2.05) is 6.07 Å². The van der Waals surface area contributed by atoms with Crippen molar-refractivity contribution in [1.82, 2.24) is 4.98 Å². The zero-order valence-corrected chi connectivity index (χ0v) is 18.8. The van der Waals surface area contributed by atoms with Crippen molar-refractivity contribution in [2.75, 3.05) is 22.8 Å². The van der Waals surface area contributed by atoms with Crippen molar-refractivity contribution in [3.05, 3.63) is 65.0 Å². The number of hydrogen-bond donors (Lipinski definition) is 1. The highest BCUT2D eigenvalue weighted by molar-refractivity contribution is 9.10. The number of rotatable bonds is 6. The Bertz CT molecular complexity index is 1220. The predicted octanol–water partition coefficient (Wildman–Crippen LogP) is 4.28. The number of ether oxygens (including phenoxy) is 1. The van der Waals surface area contributed by atoms with Gasteiger partial charge in [0, 0.05) is 22.0 Å². The van der Waals surface area contributed by atoms with Crippen LogP contribution in [-0.4, -0.2) is 32.5 Å². The van der Waals surface area contributed by atoms with E-state index < -0.39 is 10.0 Å². The first-order chi connectivity index (χ1) is 14.4. The molecule has 154 valence electrons. The summed E-state index contributed by atoms with van der Waals surface area (Å²) in [6.45, 7) is 4.05. The monoisotopic (exact) mass is 505 g/mol. The molecule has 10 heteroatoms. The summed E-state index contributed by atoms with van der Waals surface area (Å²) in [6, 6.07) is 11.7. The molecule has 0 aliphatic carbocycles. The minimum atomic E-state index is -3.74. The molecular formula is C20H16BrN3O4S2. The Hall–Kier alpha value is -2.69. The molecule has 0 spiro atoms. The van der Waals surface area contributed by atoms with Gasteiger partial charge >= 0.3 is 0 Å². The van der Waals surface area contributed by atoms with E-state index in [2.05, 4.69) is 32.2 Å². The van der Waals surface area contributed by atoms with Crippen LogP contribution in [-0.2, 0) is 14.8 Å². The van der Waals surface area contributed by atoms with Crippen molar-refractivity contribution < 1.29 is 17.9 Å². The Labute approximate surface area is 186 Å². The lowest BCUT2D eigenvalue weighted by Crippen LogP contribution is -2.38. The third-order valence-electron chi connectivity index (χ3n) is 4.36. The van der Waals surface area contributed by atoms with Gasteiger partial charge in [-0.25, -0.2) is 13.4 Å². The fourth-order valence-electron chi connectivity index (χ4n) is 2.93. The second-order valence-electron chi connectivity index (χ2n) is 6.36. The van der Waals surface area contributed by atoms with Crippen LogP contribution in [0.15, 0.2) is 69.9 Å². The summed E-state index contributed by atoms with van der Waals surface area (Å²) in [4.78, 5) is 18.3. The first-order valence-corrected chi connectivity index (χ1v) is 12.0. The minimum Gasteiger partial charge on any atom is -0.482 e. The van der Waals surface area contributed by atoms with Crippen LogP contribution in [0.2, 0.25) is 0 Å². The van der Waals surface area contributed by atoms with E-state index in [4.69, 9.17) is 4.74 Å². The van der Waals surface area contributed by atoms with E-state index in [-0.39, 0.29) is 22.5 Å². The molecule has 0 saturated carbocycles. The van der Waals surface area contributed by atoms with Gasteiger partial charge < -0.3 is 9.64 Å². The summed E-state index contributed by atoms with van der Waals surface area (Å²) in [5, 5.41) is 2.01. The summed E-state index contributed by atoms with van der Waals surface area (Å²) < 4.78 is 33.9. The molecule has 1 N–H and O–H groups in total. The molecule has 3 aromatic rings. The third kappa shape index (κ3) is 4.11. The van der Waals surface area contributed by atoms with Gasteiger partial charge in [-0.2, -0.15) is 0 Å². The van der Waals surface area contributed by atoms with Crippen LogP contribution in [0.25, 0.3) is 11.3 Å². The van der Waals surface area contributed by atoms with Crippen LogP contribution in [0.5, 0.6) is 5.75 Å². The van der Waals surface area contributed by atoms with Gasteiger partial charge in [-0.15, -0.1) is 17.9 Å². The predicted molar refractivity (Wildman–Crippen MR) is 121 cm³/mol. The van der Waals surface area contributed by atoms with Crippen LogP contribution in [0.1, 0.15) is 0 Å². The first-order valence-electron chi connectivity index (χ1n) is 8.80. The van der Waals surface area contributed by atoms with Crippen molar-refractivity contribution in [1.29, 1.82) is 0 Å². The maximum absolute atomic E-state index is 12.6. The van der Waals surface area contributed by atoms with Gasteiger partial charge in [-0.05, 0) is 42.5 Å². The Kier molecular flexibility index (Phi) is 5.63. The van der Waals surface area contributed by atoms with E-state index in [1.165, 1.54) is 23.5 Å².